The molecule has 1 aliphatic heterocycles. The van der Waals surface area contributed by atoms with Crippen LogP contribution in [0.25, 0.3) is 80.7 Å². The lowest BCUT2D eigenvalue weighted by molar-refractivity contribution is 0.203. The van der Waals surface area contributed by atoms with Gasteiger partial charge in [0, 0.05) is 47.4 Å². The zero-order valence-electron chi connectivity index (χ0n) is 30.8. The van der Waals surface area contributed by atoms with Crippen LogP contribution in [0.15, 0.2) is 186 Å². The monoisotopic (exact) mass is 752 g/mol. The van der Waals surface area contributed by atoms with E-state index in [1.807, 2.05) is 11.3 Å². The Morgan fingerprint density at radius 2 is 0.982 bits per heavy atom. The lowest BCUT2D eigenvalue weighted by Gasteiger charge is -2.39. The number of rotatable bonds is 5. The van der Waals surface area contributed by atoms with Gasteiger partial charge in [0.25, 0.3) is 0 Å². The molecule has 0 aliphatic carbocycles. The summed E-state index contributed by atoms with van der Waals surface area (Å²) >= 11 is 1.85. The summed E-state index contributed by atoms with van der Waals surface area (Å²) in [5.74, 6) is 0. The Balaban J connectivity index is 0.887. The Kier molecular flexibility index (Phi) is 7.46. The number of hydrogen-bond donors (Lipinski definition) is 3. The molecule has 0 bridgehead atoms. The van der Waals surface area contributed by atoms with E-state index in [2.05, 4.69) is 203 Å². The average molecular weight is 753 g/mol. The maximum Gasteiger partial charge on any atom is 0.136 e. The van der Waals surface area contributed by atoms with E-state index in [0.29, 0.717) is 0 Å². The van der Waals surface area contributed by atoms with Crippen molar-refractivity contribution < 1.29 is 4.42 Å². The van der Waals surface area contributed by atoms with Crippen molar-refractivity contribution in [1.29, 1.82) is 0 Å². The number of hydrogen-bond acceptors (Lipinski definition) is 5. The molecule has 57 heavy (non-hydrogen) atoms. The third-order valence-electron chi connectivity index (χ3n) is 11.7. The highest BCUT2D eigenvalue weighted by Crippen LogP contribution is 2.40. The maximum absolute atomic E-state index is 6.52. The number of furan rings is 1. The molecule has 1 aliphatic rings. The van der Waals surface area contributed by atoms with Crippen LogP contribution < -0.4 is 16.0 Å². The average Bonchev–Trinajstić information content (AvgIpc) is 3.95. The van der Waals surface area contributed by atoms with Crippen molar-refractivity contribution in [2.45, 2.75) is 18.5 Å². The predicted octanol–water partition coefficient (Wildman–Crippen LogP) is 12.9. The molecule has 0 saturated carbocycles. The van der Waals surface area contributed by atoms with Gasteiger partial charge in [-0.1, -0.05) is 121 Å². The lowest BCUT2D eigenvalue weighted by atomic mass is 10.0. The van der Waals surface area contributed by atoms with E-state index in [9.17, 15) is 0 Å². The highest BCUT2D eigenvalue weighted by molar-refractivity contribution is 7.25. The van der Waals surface area contributed by atoms with Gasteiger partial charge in [-0.15, -0.1) is 11.3 Å². The maximum atomic E-state index is 6.52. The van der Waals surface area contributed by atoms with Crippen LogP contribution in [0.2, 0.25) is 0 Å². The summed E-state index contributed by atoms with van der Waals surface area (Å²) in [4.78, 5) is 0. The fourth-order valence-corrected chi connectivity index (χ4v) is 10.1. The molecular formula is C51H36N4OS. The SMILES string of the molecule is c1ccc(C2NC(c3ccccc3)NC(c3ccc4c(c3)sc3ccc(-c5ccc6c(c5)oc5ccc(-n7c8ccccc8c8ccccc87)cc56)cc34)N2)cc1. The lowest BCUT2D eigenvalue weighted by Crippen LogP contribution is -2.54. The highest BCUT2D eigenvalue weighted by Gasteiger charge is 2.30. The summed E-state index contributed by atoms with van der Waals surface area (Å²) in [6, 6.07) is 65.5. The molecule has 0 radical (unpaired) electrons. The number of para-hydroxylation sites is 2. The zero-order chi connectivity index (χ0) is 37.5. The molecule has 11 aromatic rings. The van der Waals surface area contributed by atoms with Crippen LogP contribution in [-0.2, 0) is 0 Å². The Morgan fingerprint density at radius 3 is 1.68 bits per heavy atom. The van der Waals surface area contributed by atoms with Crippen molar-refractivity contribution >= 4 is 75.3 Å². The summed E-state index contributed by atoms with van der Waals surface area (Å²) < 4.78 is 11.4. The van der Waals surface area contributed by atoms with E-state index in [0.717, 1.165) is 33.2 Å². The van der Waals surface area contributed by atoms with E-state index >= 15 is 0 Å². The largest absolute Gasteiger partial charge is 0.456 e. The first kappa shape index (κ1) is 32.7. The standard InChI is InChI=1S/C51H36N4OS/c1-3-11-31(12-4-1)49-52-50(32-13-5-2-6-14-32)54-51(53-49)35-20-24-40-42-27-33(21-26-47(42)57-48(40)29-35)34-19-23-39-41-30-36(22-25-45(41)56-46(39)28-34)55-43-17-9-7-15-37(43)38-16-8-10-18-44(38)55/h1-30,49-54H. The molecule has 0 spiro atoms. The number of benzene rings is 8. The van der Waals surface area contributed by atoms with Gasteiger partial charge in [0.1, 0.15) is 11.2 Å². The van der Waals surface area contributed by atoms with Crippen LogP contribution in [0.1, 0.15) is 35.2 Å². The minimum Gasteiger partial charge on any atom is -0.456 e. The van der Waals surface area contributed by atoms with Gasteiger partial charge in [0.05, 0.1) is 29.5 Å². The van der Waals surface area contributed by atoms with Gasteiger partial charge in [-0.05, 0) is 88.5 Å². The van der Waals surface area contributed by atoms with Crippen LogP contribution in [0.4, 0.5) is 0 Å². The quantitative estimate of drug-likeness (QED) is 0.164. The molecule has 6 heteroatoms. The first-order chi connectivity index (χ1) is 28.2. The van der Waals surface area contributed by atoms with Gasteiger partial charge in [0.2, 0.25) is 0 Å². The first-order valence-corrected chi connectivity index (χ1v) is 20.3. The van der Waals surface area contributed by atoms with Crippen molar-refractivity contribution in [3.63, 3.8) is 0 Å². The van der Waals surface area contributed by atoms with Gasteiger partial charge in [0.15, 0.2) is 0 Å². The van der Waals surface area contributed by atoms with Gasteiger partial charge >= 0.3 is 0 Å². The third-order valence-corrected chi connectivity index (χ3v) is 12.9. The van der Waals surface area contributed by atoms with Crippen molar-refractivity contribution in [2.24, 2.45) is 0 Å². The third kappa shape index (κ3) is 5.41. The minimum absolute atomic E-state index is 0.00506. The second-order valence-electron chi connectivity index (χ2n) is 15.1. The van der Waals surface area contributed by atoms with Crippen LogP contribution >= 0.6 is 11.3 Å². The molecule has 1 saturated heterocycles. The summed E-state index contributed by atoms with van der Waals surface area (Å²) in [5, 5.41) is 18.8. The molecule has 4 heterocycles. The first-order valence-electron chi connectivity index (χ1n) is 19.5. The number of thiophene rings is 1. The Hall–Kier alpha value is -6.54. The molecule has 8 aromatic carbocycles. The van der Waals surface area contributed by atoms with Crippen LogP contribution in [-0.4, -0.2) is 4.57 Å². The smallest absolute Gasteiger partial charge is 0.136 e. The normalized spacial score (nSPS) is 17.4. The summed E-state index contributed by atoms with van der Waals surface area (Å²) in [6.07, 6.45) is -0.0514. The molecule has 5 nitrogen and oxygen atoms in total. The van der Waals surface area contributed by atoms with Crippen LogP contribution in [0, 0.1) is 0 Å². The summed E-state index contributed by atoms with van der Waals surface area (Å²) in [7, 11) is 0. The molecule has 272 valence electrons. The molecule has 3 N–H and O–H groups in total. The molecular weight excluding hydrogens is 717 g/mol. The fourth-order valence-electron chi connectivity index (χ4n) is 8.95. The second kappa shape index (κ2) is 13.0. The van der Waals surface area contributed by atoms with E-state index in [1.54, 1.807) is 0 Å². The number of fused-ring (bicyclic) bond motifs is 9. The van der Waals surface area contributed by atoms with E-state index in [1.165, 1.54) is 64.2 Å². The van der Waals surface area contributed by atoms with Crippen LogP contribution in [0.5, 0.6) is 0 Å². The van der Waals surface area contributed by atoms with Gasteiger partial charge in [-0.2, -0.15) is 0 Å². The fraction of sp³-hybridized carbons (Fsp3) is 0.0588. The van der Waals surface area contributed by atoms with Gasteiger partial charge in [-0.25, -0.2) is 0 Å². The van der Waals surface area contributed by atoms with E-state index in [-0.39, 0.29) is 18.5 Å². The van der Waals surface area contributed by atoms with Crippen molar-refractivity contribution in [3.05, 3.63) is 199 Å². The van der Waals surface area contributed by atoms with Crippen LogP contribution in [0.3, 0.4) is 0 Å². The molecule has 1 fully saturated rings. The van der Waals surface area contributed by atoms with Gasteiger partial charge in [-0.3, -0.25) is 16.0 Å². The Labute approximate surface area is 332 Å². The Bertz CT molecular complexity index is 3210. The van der Waals surface area contributed by atoms with Crippen molar-refractivity contribution in [1.82, 2.24) is 20.5 Å². The number of nitrogens with one attached hydrogen (secondary N) is 3. The molecule has 3 aromatic heterocycles. The van der Waals surface area contributed by atoms with Crippen molar-refractivity contribution in [3.8, 4) is 16.8 Å². The highest BCUT2D eigenvalue weighted by atomic mass is 32.1. The Morgan fingerprint density at radius 1 is 0.386 bits per heavy atom. The number of nitrogens with zero attached hydrogens (tertiary/aromatic N) is 1. The van der Waals surface area contributed by atoms with E-state index < -0.39 is 0 Å². The van der Waals surface area contributed by atoms with Crippen molar-refractivity contribution in [2.75, 3.05) is 0 Å². The summed E-state index contributed by atoms with van der Waals surface area (Å²) in [6.45, 7) is 0. The second-order valence-corrected chi connectivity index (χ2v) is 16.1. The summed E-state index contributed by atoms with van der Waals surface area (Å²) in [5.41, 5.74) is 11.3. The predicted molar refractivity (Wildman–Crippen MR) is 237 cm³/mol. The molecule has 12 rings (SSSR count). The zero-order valence-corrected chi connectivity index (χ0v) is 31.6. The molecule has 0 amide bonds. The number of aromatic nitrogens is 1. The van der Waals surface area contributed by atoms with E-state index in [4.69, 9.17) is 4.42 Å². The topological polar surface area (TPSA) is 54.2 Å². The van der Waals surface area contributed by atoms with Gasteiger partial charge < -0.3 is 8.98 Å². The minimum atomic E-state index is -0.0413. The molecule has 2 unspecified atom stereocenters. The molecule has 2 atom stereocenters.